The van der Waals surface area contributed by atoms with Crippen molar-refractivity contribution in [3.8, 4) is 0 Å². The molecule has 1 N–H and O–H groups in total. The molecule has 0 aromatic carbocycles. The van der Waals surface area contributed by atoms with Gasteiger partial charge in [0, 0.05) is 6.04 Å². The van der Waals surface area contributed by atoms with Gasteiger partial charge in [-0.05, 0) is 64.7 Å². The Morgan fingerprint density at radius 2 is 1.64 bits per heavy atom. The predicted octanol–water partition coefficient (Wildman–Crippen LogP) is 1.72. The van der Waals surface area contributed by atoms with Gasteiger partial charge in [-0.3, -0.25) is 0 Å². The number of nitrogens with one attached hydrogen (secondary N) is 1. The summed E-state index contributed by atoms with van der Waals surface area (Å²) in [5.74, 6) is 1.94. The van der Waals surface area contributed by atoms with E-state index in [1.807, 2.05) is 0 Å². The van der Waals surface area contributed by atoms with Crippen LogP contribution in [-0.2, 0) is 0 Å². The molecule has 2 rings (SSSR count). The minimum atomic E-state index is 0.817. The van der Waals surface area contributed by atoms with Crippen molar-refractivity contribution in [2.24, 2.45) is 11.8 Å². The molecule has 1 saturated heterocycles. The Labute approximate surface area is 88.1 Å². The third kappa shape index (κ3) is 2.12. The van der Waals surface area contributed by atoms with Gasteiger partial charge in [-0.25, -0.2) is 0 Å². The summed E-state index contributed by atoms with van der Waals surface area (Å²) < 4.78 is 0. The highest BCUT2D eigenvalue weighted by Crippen LogP contribution is 2.35. The zero-order valence-electron chi connectivity index (χ0n) is 9.63. The molecular formula is C12H24N2. The van der Waals surface area contributed by atoms with Gasteiger partial charge in [0.2, 0.25) is 0 Å². The monoisotopic (exact) mass is 196 g/mol. The van der Waals surface area contributed by atoms with Crippen LogP contribution >= 0.6 is 0 Å². The summed E-state index contributed by atoms with van der Waals surface area (Å²) in [6, 6.07) is 0.817. The lowest BCUT2D eigenvalue weighted by Gasteiger charge is -2.41. The van der Waals surface area contributed by atoms with E-state index < -0.39 is 0 Å². The normalized spacial score (nSPS) is 28.7. The van der Waals surface area contributed by atoms with Crippen molar-refractivity contribution in [3.05, 3.63) is 0 Å². The van der Waals surface area contributed by atoms with E-state index in [1.165, 1.54) is 45.2 Å². The van der Waals surface area contributed by atoms with Crippen LogP contribution in [0.4, 0.5) is 0 Å². The first kappa shape index (κ1) is 10.4. The standard InChI is InChI=1S/C12H24N2/c1-13-12(10-4-3-5-10)11-6-8-14(2)9-7-11/h10-13H,3-9H2,1-2H3. The number of nitrogens with zero attached hydrogens (tertiary/aromatic N) is 1. The number of piperidine rings is 1. The minimum absolute atomic E-state index is 0.817. The predicted molar refractivity (Wildman–Crippen MR) is 60.4 cm³/mol. The Morgan fingerprint density at radius 3 is 2.07 bits per heavy atom. The van der Waals surface area contributed by atoms with Gasteiger partial charge in [0.05, 0.1) is 0 Å². The molecule has 0 bridgehead atoms. The van der Waals surface area contributed by atoms with Crippen molar-refractivity contribution in [1.82, 2.24) is 10.2 Å². The summed E-state index contributed by atoms with van der Waals surface area (Å²) in [6.45, 7) is 2.60. The van der Waals surface area contributed by atoms with E-state index in [4.69, 9.17) is 0 Å². The summed E-state index contributed by atoms with van der Waals surface area (Å²) in [4.78, 5) is 2.46. The maximum absolute atomic E-state index is 3.57. The van der Waals surface area contributed by atoms with E-state index in [9.17, 15) is 0 Å². The first-order chi connectivity index (χ1) is 6.81. The average molecular weight is 196 g/mol. The van der Waals surface area contributed by atoms with Crippen LogP contribution in [0.1, 0.15) is 32.1 Å². The van der Waals surface area contributed by atoms with Gasteiger partial charge in [-0.2, -0.15) is 0 Å². The second kappa shape index (κ2) is 4.63. The summed E-state index contributed by atoms with van der Waals surface area (Å²) in [5, 5.41) is 3.57. The van der Waals surface area contributed by atoms with Crippen LogP contribution in [0.25, 0.3) is 0 Å². The molecule has 0 aromatic rings. The van der Waals surface area contributed by atoms with E-state index in [1.54, 1.807) is 0 Å². The maximum Gasteiger partial charge on any atom is 0.0121 e. The van der Waals surface area contributed by atoms with Crippen molar-refractivity contribution in [2.45, 2.75) is 38.1 Å². The summed E-state index contributed by atoms with van der Waals surface area (Å²) in [5.41, 5.74) is 0. The highest BCUT2D eigenvalue weighted by Gasteiger charge is 2.33. The number of hydrogen-bond donors (Lipinski definition) is 1. The van der Waals surface area contributed by atoms with Gasteiger partial charge in [0.25, 0.3) is 0 Å². The van der Waals surface area contributed by atoms with E-state index in [-0.39, 0.29) is 0 Å². The van der Waals surface area contributed by atoms with Gasteiger partial charge in [-0.15, -0.1) is 0 Å². The largest absolute Gasteiger partial charge is 0.316 e. The molecule has 0 spiro atoms. The zero-order chi connectivity index (χ0) is 9.97. The molecule has 1 saturated carbocycles. The third-order valence-electron chi connectivity index (χ3n) is 4.26. The average Bonchev–Trinajstić information content (AvgIpc) is 2.13. The minimum Gasteiger partial charge on any atom is -0.316 e. The fourth-order valence-corrected chi connectivity index (χ4v) is 3.04. The highest BCUT2D eigenvalue weighted by molar-refractivity contribution is 4.89. The van der Waals surface area contributed by atoms with Crippen LogP contribution in [0, 0.1) is 11.8 Å². The first-order valence-electron chi connectivity index (χ1n) is 6.17. The second-order valence-corrected chi connectivity index (χ2v) is 5.15. The number of likely N-dealkylation sites (tertiary alicyclic amines) is 1. The lowest BCUT2D eigenvalue weighted by molar-refractivity contribution is 0.123. The van der Waals surface area contributed by atoms with Crippen LogP contribution in [0.3, 0.4) is 0 Å². The topological polar surface area (TPSA) is 15.3 Å². The van der Waals surface area contributed by atoms with Crippen LogP contribution in [0.2, 0.25) is 0 Å². The quantitative estimate of drug-likeness (QED) is 0.739. The molecule has 0 amide bonds. The smallest absolute Gasteiger partial charge is 0.0121 e. The fraction of sp³-hybridized carbons (Fsp3) is 1.00. The lowest BCUT2D eigenvalue weighted by atomic mass is 9.72. The lowest BCUT2D eigenvalue weighted by Crippen LogP contribution is -2.47. The molecule has 0 aromatic heterocycles. The van der Waals surface area contributed by atoms with Crippen molar-refractivity contribution < 1.29 is 0 Å². The highest BCUT2D eigenvalue weighted by atomic mass is 15.1. The van der Waals surface area contributed by atoms with Crippen molar-refractivity contribution in [2.75, 3.05) is 27.2 Å². The molecule has 2 heteroatoms. The van der Waals surface area contributed by atoms with Crippen molar-refractivity contribution in [1.29, 1.82) is 0 Å². The van der Waals surface area contributed by atoms with E-state index in [0.717, 1.165) is 17.9 Å². The molecule has 0 radical (unpaired) electrons. The Hall–Kier alpha value is -0.0800. The Balaban J connectivity index is 1.84. The first-order valence-corrected chi connectivity index (χ1v) is 6.17. The number of rotatable bonds is 3. The molecule has 1 unspecified atom stereocenters. The van der Waals surface area contributed by atoms with Crippen LogP contribution in [0.5, 0.6) is 0 Å². The van der Waals surface area contributed by atoms with Crippen molar-refractivity contribution >= 4 is 0 Å². The third-order valence-corrected chi connectivity index (χ3v) is 4.26. The second-order valence-electron chi connectivity index (χ2n) is 5.15. The summed E-state index contributed by atoms with van der Waals surface area (Å²) in [6.07, 6.45) is 7.21. The Morgan fingerprint density at radius 1 is 1.07 bits per heavy atom. The van der Waals surface area contributed by atoms with Crippen LogP contribution < -0.4 is 5.32 Å². The Bertz CT molecular complexity index is 169. The fourth-order valence-electron chi connectivity index (χ4n) is 3.04. The maximum atomic E-state index is 3.57. The molecule has 82 valence electrons. The molecule has 1 aliphatic carbocycles. The molecule has 1 aliphatic heterocycles. The molecule has 2 fully saturated rings. The number of hydrogen-bond acceptors (Lipinski definition) is 2. The van der Waals surface area contributed by atoms with Gasteiger partial charge in [0.1, 0.15) is 0 Å². The SMILES string of the molecule is CNC(C1CCC1)C1CCN(C)CC1. The van der Waals surface area contributed by atoms with E-state index in [0.29, 0.717) is 0 Å². The van der Waals surface area contributed by atoms with Crippen LogP contribution in [-0.4, -0.2) is 38.1 Å². The van der Waals surface area contributed by atoms with Crippen LogP contribution in [0.15, 0.2) is 0 Å². The summed E-state index contributed by atoms with van der Waals surface area (Å²) in [7, 11) is 4.40. The molecule has 14 heavy (non-hydrogen) atoms. The van der Waals surface area contributed by atoms with Gasteiger partial charge in [-0.1, -0.05) is 6.42 Å². The molecule has 1 heterocycles. The van der Waals surface area contributed by atoms with E-state index >= 15 is 0 Å². The Kier molecular flexibility index (Phi) is 3.45. The van der Waals surface area contributed by atoms with E-state index in [2.05, 4.69) is 24.3 Å². The summed E-state index contributed by atoms with van der Waals surface area (Å²) >= 11 is 0. The molecule has 2 aliphatic rings. The van der Waals surface area contributed by atoms with Crippen molar-refractivity contribution in [3.63, 3.8) is 0 Å². The van der Waals surface area contributed by atoms with Gasteiger partial charge >= 0.3 is 0 Å². The molecular weight excluding hydrogens is 172 g/mol. The van der Waals surface area contributed by atoms with Gasteiger partial charge in [0.15, 0.2) is 0 Å². The van der Waals surface area contributed by atoms with Gasteiger partial charge < -0.3 is 10.2 Å². The molecule has 2 nitrogen and oxygen atoms in total. The molecule has 1 atom stereocenters. The zero-order valence-corrected chi connectivity index (χ0v) is 9.63.